The zero-order valence-corrected chi connectivity index (χ0v) is 23.7. The van der Waals surface area contributed by atoms with Gasteiger partial charge in [-0.1, -0.05) is 48.0 Å². The highest BCUT2D eigenvalue weighted by Crippen LogP contribution is 2.35. The summed E-state index contributed by atoms with van der Waals surface area (Å²) in [5, 5.41) is 2.23. The third-order valence-corrected chi connectivity index (χ3v) is 7.53. The number of amides is 3. The zero-order chi connectivity index (χ0) is 24.9. The minimum absolute atomic E-state index is 0.280. The average Bonchev–Trinajstić information content (AvgIpc) is 3.06. The first-order chi connectivity index (χ1) is 16.8. The van der Waals surface area contributed by atoms with Gasteiger partial charge in [0.25, 0.3) is 11.1 Å². The van der Waals surface area contributed by atoms with Crippen molar-refractivity contribution in [2.45, 2.75) is 13.5 Å². The lowest BCUT2D eigenvalue weighted by molar-refractivity contribution is -0.127. The Hall–Kier alpha value is -2.38. The Balaban J connectivity index is 1.44. The van der Waals surface area contributed by atoms with E-state index in [9.17, 15) is 14.4 Å². The number of carbonyl (C=O) groups excluding carboxylic acids is 3. The van der Waals surface area contributed by atoms with Crippen LogP contribution in [-0.4, -0.2) is 28.5 Å². The first-order valence-corrected chi connectivity index (χ1v) is 13.6. The lowest BCUT2D eigenvalue weighted by Crippen LogP contribution is -2.36. The quantitative estimate of drug-likeness (QED) is 0.225. The van der Waals surface area contributed by atoms with Crippen LogP contribution in [0.25, 0.3) is 6.08 Å². The molecule has 9 heteroatoms. The van der Waals surface area contributed by atoms with Gasteiger partial charge in [0.2, 0.25) is 5.91 Å². The molecule has 1 aliphatic heterocycles. The monoisotopic (exact) mass is 710 g/mol. The molecule has 3 aromatic carbocycles. The molecule has 1 saturated heterocycles. The predicted octanol–water partition coefficient (Wildman–Crippen LogP) is 6.46. The van der Waals surface area contributed by atoms with Gasteiger partial charge in [-0.05, 0) is 105 Å². The van der Waals surface area contributed by atoms with Crippen LogP contribution >= 0.6 is 56.9 Å². The highest BCUT2D eigenvalue weighted by atomic mass is 127. The number of hydrogen-bond donors (Lipinski definition) is 1. The van der Waals surface area contributed by atoms with Crippen molar-refractivity contribution in [2.75, 3.05) is 11.9 Å². The van der Waals surface area contributed by atoms with Crippen molar-refractivity contribution in [3.05, 3.63) is 95.5 Å². The van der Waals surface area contributed by atoms with E-state index in [1.165, 1.54) is 5.56 Å². The first kappa shape index (κ1) is 25.7. The minimum Gasteiger partial charge on any atom is -0.487 e. The number of nitrogens with zero attached hydrogens (tertiary/aromatic N) is 1. The largest absolute Gasteiger partial charge is 0.487 e. The number of para-hydroxylation sites is 1. The Morgan fingerprint density at radius 1 is 1.03 bits per heavy atom. The van der Waals surface area contributed by atoms with Gasteiger partial charge in [-0.15, -0.1) is 0 Å². The number of hydrogen-bond acceptors (Lipinski definition) is 5. The van der Waals surface area contributed by atoms with Crippen LogP contribution in [0.4, 0.5) is 10.5 Å². The maximum atomic E-state index is 12.8. The average molecular weight is 710 g/mol. The van der Waals surface area contributed by atoms with E-state index in [-0.39, 0.29) is 11.4 Å². The number of rotatable bonds is 7. The van der Waals surface area contributed by atoms with Crippen LogP contribution in [0.15, 0.2) is 71.6 Å². The van der Waals surface area contributed by atoms with Gasteiger partial charge < -0.3 is 10.1 Å². The number of ether oxygens (including phenoxy) is 1. The van der Waals surface area contributed by atoms with Gasteiger partial charge in [-0.25, -0.2) is 0 Å². The Morgan fingerprint density at radius 2 is 1.74 bits per heavy atom. The summed E-state index contributed by atoms with van der Waals surface area (Å²) in [6, 6.07) is 20.9. The molecule has 0 aliphatic carbocycles. The minimum atomic E-state index is -0.479. The third-order valence-electron chi connectivity index (χ3n) is 5.02. The molecular formula is C26H20I2N2O4S. The molecule has 178 valence electrons. The summed E-state index contributed by atoms with van der Waals surface area (Å²) in [6.07, 6.45) is 1.68. The number of aryl methyl sites for hydroxylation is 1. The molecular weight excluding hydrogens is 690 g/mol. The van der Waals surface area contributed by atoms with E-state index in [0.717, 1.165) is 40.7 Å². The van der Waals surface area contributed by atoms with Gasteiger partial charge in [-0.2, -0.15) is 0 Å². The van der Waals surface area contributed by atoms with Crippen LogP contribution in [0.2, 0.25) is 0 Å². The summed E-state index contributed by atoms with van der Waals surface area (Å²) in [7, 11) is 0. The molecule has 6 nitrogen and oxygen atoms in total. The number of carbonyl (C=O) groups is 3. The summed E-state index contributed by atoms with van der Waals surface area (Å²) in [5.74, 6) is -0.137. The van der Waals surface area contributed by atoms with E-state index in [2.05, 4.69) is 56.6 Å². The normalized spacial score (nSPS) is 14.5. The van der Waals surface area contributed by atoms with Crippen molar-refractivity contribution < 1.29 is 19.1 Å². The molecule has 0 atom stereocenters. The number of imide groups is 1. The van der Waals surface area contributed by atoms with Crippen molar-refractivity contribution in [1.29, 1.82) is 0 Å². The maximum absolute atomic E-state index is 12.8. The van der Waals surface area contributed by atoms with Gasteiger partial charge in [0.1, 0.15) is 18.9 Å². The van der Waals surface area contributed by atoms with Gasteiger partial charge in [0.05, 0.1) is 12.0 Å². The van der Waals surface area contributed by atoms with E-state index >= 15 is 0 Å². The van der Waals surface area contributed by atoms with Crippen molar-refractivity contribution in [2.24, 2.45) is 0 Å². The fourth-order valence-corrected chi connectivity index (χ4v) is 6.38. The van der Waals surface area contributed by atoms with Crippen molar-refractivity contribution in [3.8, 4) is 5.75 Å². The van der Waals surface area contributed by atoms with Crippen LogP contribution in [0.1, 0.15) is 16.7 Å². The molecule has 0 spiro atoms. The van der Waals surface area contributed by atoms with Crippen molar-refractivity contribution in [3.63, 3.8) is 0 Å². The fraction of sp³-hybridized carbons (Fsp3) is 0.115. The van der Waals surface area contributed by atoms with E-state index in [1.807, 2.05) is 43.3 Å². The Kier molecular flexibility index (Phi) is 8.50. The molecule has 1 heterocycles. The lowest BCUT2D eigenvalue weighted by atomic mass is 10.1. The summed E-state index contributed by atoms with van der Waals surface area (Å²) < 4.78 is 7.86. The lowest BCUT2D eigenvalue weighted by Gasteiger charge is -2.13. The molecule has 0 saturated carbocycles. The highest BCUT2D eigenvalue weighted by Gasteiger charge is 2.36. The van der Waals surface area contributed by atoms with Crippen molar-refractivity contribution >= 4 is 85.8 Å². The zero-order valence-electron chi connectivity index (χ0n) is 18.6. The first-order valence-electron chi connectivity index (χ1n) is 10.6. The summed E-state index contributed by atoms with van der Waals surface area (Å²) in [5.41, 5.74) is 3.65. The third kappa shape index (κ3) is 6.64. The van der Waals surface area contributed by atoms with E-state index in [4.69, 9.17) is 4.74 Å². The molecule has 0 bridgehead atoms. The fourth-order valence-electron chi connectivity index (χ4n) is 3.41. The van der Waals surface area contributed by atoms with Crippen molar-refractivity contribution in [1.82, 2.24) is 4.90 Å². The second kappa shape index (κ2) is 11.6. The number of halogens is 2. The van der Waals surface area contributed by atoms with Crippen LogP contribution in [0.5, 0.6) is 5.75 Å². The standard InChI is InChI=1S/C26H20I2N2O4S/c1-16-6-5-7-17(10-16)15-34-24-20(27)11-18(12-21(24)28)13-22-25(32)30(26(33)35-22)14-23(31)29-19-8-3-2-4-9-19/h2-13H,14-15H2,1H3,(H,29,31)/b22-13-. The SMILES string of the molecule is Cc1cccc(COc2c(I)cc(/C=C3\SC(=O)N(CC(=O)Nc4ccccc4)C3=O)cc2I)c1. The molecule has 1 N–H and O–H groups in total. The molecule has 3 aromatic rings. The molecule has 3 amide bonds. The molecule has 0 radical (unpaired) electrons. The maximum Gasteiger partial charge on any atom is 0.294 e. The van der Waals surface area contributed by atoms with E-state index in [1.54, 1.807) is 30.3 Å². The summed E-state index contributed by atoms with van der Waals surface area (Å²) >= 11 is 5.25. The molecule has 1 fully saturated rings. The van der Waals surface area contributed by atoms with Crippen LogP contribution in [0.3, 0.4) is 0 Å². The molecule has 0 unspecified atom stereocenters. The Labute approximate surface area is 234 Å². The van der Waals surface area contributed by atoms with E-state index < -0.39 is 17.1 Å². The Morgan fingerprint density at radius 3 is 2.43 bits per heavy atom. The second-order valence-corrected chi connectivity index (χ2v) is 11.1. The summed E-state index contributed by atoms with van der Waals surface area (Å²) in [6.45, 7) is 2.16. The Bertz CT molecular complexity index is 1300. The number of anilines is 1. The van der Waals surface area contributed by atoms with Crippen LogP contribution in [-0.2, 0) is 16.2 Å². The smallest absolute Gasteiger partial charge is 0.294 e. The summed E-state index contributed by atoms with van der Waals surface area (Å²) in [4.78, 5) is 38.8. The molecule has 35 heavy (non-hydrogen) atoms. The van der Waals surface area contributed by atoms with Gasteiger partial charge in [0.15, 0.2) is 0 Å². The van der Waals surface area contributed by atoms with E-state index in [0.29, 0.717) is 12.3 Å². The topological polar surface area (TPSA) is 75.7 Å². The number of thioether (sulfide) groups is 1. The van der Waals surface area contributed by atoms with Crippen LogP contribution < -0.4 is 10.1 Å². The number of benzene rings is 3. The van der Waals surface area contributed by atoms with Crippen LogP contribution in [0, 0.1) is 14.1 Å². The number of nitrogens with one attached hydrogen (secondary N) is 1. The molecule has 4 rings (SSSR count). The molecule has 1 aliphatic rings. The highest BCUT2D eigenvalue weighted by molar-refractivity contribution is 14.1. The van der Waals surface area contributed by atoms with Gasteiger partial charge >= 0.3 is 0 Å². The van der Waals surface area contributed by atoms with Gasteiger partial charge in [0, 0.05) is 5.69 Å². The second-order valence-electron chi connectivity index (χ2n) is 7.77. The van der Waals surface area contributed by atoms with Gasteiger partial charge in [-0.3, -0.25) is 19.3 Å². The molecule has 0 aromatic heterocycles. The predicted molar refractivity (Wildman–Crippen MR) is 155 cm³/mol.